The number of hydrogen-bond donors (Lipinski definition) is 1. The number of anilines is 1. The van der Waals surface area contributed by atoms with Crippen LogP contribution < -0.4 is 5.32 Å². The summed E-state index contributed by atoms with van der Waals surface area (Å²) in [6.45, 7) is 12.0. The molecule has 2 nitrogen and oxygen atoms in total. The van der Waals surface area contributed by atoms with Crippen LogP contribution in [0.2, 0.25) is 0 Å². The van der Waals surface area contributed by atoms with Crippen LogP contribution in [0.4, 0.5) is 5.69 Å². The Morgan fingerprint density at radius 2 is 1.90 bits per heavy atom. The van der Waals surface area contributed by atoms with Crippen LogP contribution in [0, 0.1) is 5.41 Å². The van der Waals surface area contributed by atoms with Crippen molar-refractivity contribution in [3.63, 3.8) is 0 Å². The van der Waals surface area contributed by atoms with Crippen molar-refractivity contribution in [2.24, 2.45) is 5.41 Å². The van der Waals surface area contributed by atoms with Crippen molar-refractivity contribution in [3.8, 4) is 0 Å². The van der Waals surface area contributed by atoms with Crippen molar-refractivity contribution in [2.75, 3.05) is 11.9 Å². The molecule has 0 bridgehead atoms. The summed E-state index contributed by atoms with van der Waals surface area (Å²) in [4.78, 5) is 0. The lowest BCUT2D eigenvalue weighted by molar-refractivity contribution is -0.109. The SMILES string of the molecule is CCOC1CC(Nc2ccc(C(C)C)cc2)C1(C)CC. The zero-order chi connectivity index (χ0) is 14.8. The average Bonchev–Trinajstić information content (AvgIpc) is 2.45. The van der Waals surface area contributed by atoms with E-state index in [1.807, 2.05) is 0 Å². The Bertz CT molecular complexity index is 426. The fourth-order valence-corrected chi connectivity index (χ4v) is 3.14. The minimum Gasteiger partial charge on any atom is -0.382 e. The number of nitrogens with one attached hydrogen (secondary N) is 1. The van der Waals surface area contributed by atoms with Gasteiger partial charge in [0.05, 0.1) is 6.10 Å². The van der Waals surface area contributed by atoms with Crippen LogP contribution in [-0.2, 0) is 4.74 Å². The van der Waals surface area contributed by atoms with Gasteiger partial charge in [-0.3, -0.25) is 0 Å². The van der Waals surface area contributed by atoms with E-state index >= 15 is 0 Å². The van der Waals surface area contributed by atoms with Gasteiger partial charge in [0.25, 0.3) is 0 Å². The molecule has 0 spiro atoms. The molecule has 112 valence electrons. The third-order valence-corrected chi connectivity index (χ3v) is 5.03. The van der Waals surface area contributed by atoms with E-state index in [2.05, 4.69) is 64.2 Å². The molecule has 0 aromatic heterocycles. The van der Waals surface area contributed by atoms with Gasteiger partial charge >= 0.3 is 0 Å². The first-order valence-electron chi connectivity index (χ1n) is 7.99. The topological polar surface area (TPSA) is 21.3 Å². The van der Waals surface area contributed by atoms with Crippen LogP contribution in [0.15, 0.2) is 24.3 Å². The molecule has 1 aromatic carbocycles. The van der Waals surface area contributed by atoms with Crippen LogP contribution in [0.1, 0.15) is 58.9 Å². The van der Waals surface area contributed by atoms with E-state index < -0.39 is 0 Å². The fraction of sp³-hybridized carbons (Fsp3) is 0.667. The average molecular weight is 275 g/mol. The van der Waals surface area contributed by atoms with Crippen LogP contribution >= 0.6 is 0 Å². The maximum absolute atomic E-state index is 5.86. The molecule has 0 saturated heterocycles. The summed E-state index contributed by atoms with van der Waals surface area (Å²) in [5, 5.41) is 3.69. The van der Waals surface area contributed by atoms with Crippen molar-refractivity contribution in [2.45, 2.75) is 65.5 Å². The second kappa shape index (κ2) is 6.17. The summed E-state index contributed by atoms with van der Waals surface area (Å²) < 4.78 is 5.86. The van der Waals surface area contributed by atoms with Crippen LogP contribution in [0.25, 0.3) is 0 Å². The molecule has 1 aliphatic rings. The number of rotatable bonds is 6. The first-order valence-corrected chi connectivity index (χ1v) is 7.99. The molecule has 1 fully saturated rings. The maximum atomic E-state index is 5.86. The third kappa shape index (κ3) is 2.85. The molecule has 2 heteroatoms. The second-order valence-corrected chi connectivity index (χ2v) is 6.51. The zero-order valence-electron chi connectivity index (χ0n) is 13.6. The maximum Gasteiger partial charge on any atom is 0.0667 e. The van der Waals surface area contributed by atoms with Crippen LogP contribution in [0.3, 0.4) is 0 Å². The van der Waals surface area contributed by atoms with Crippen molar-refractivity contribution in [3.05, 3.63) is 29.8 Å². The minimum absolute atomic E-state index is 0.257. The summed E-state index contributed by atoms with van der Waals surface area (Å²) in [6.07, 6.45) is 2.67. The summed E-state index contributed by atoms with van der Waals surface area (Å²) in [6, 6.07) is 9.40. The van der Waals surface area contributed by atoms with E-state index in [4.69, 9.17) is 4.74 Å². The Morgan fingerprint density at radius 1 is 1.25 bits per heavy atom. The van der Waals surface area contributed by atoms with Gasteiger partial charge in [0.15, 0.2) is 0 Å². The fourth-order valence-electron chi connectivity index (χ4n) is 3.14. The Kier molecular flexibility index (Phi) is 4.74. The van der Waals surface area contributed by atoms with Gasteiger partial charge in [-0.1, -0.05) is 39.8 Å². The molecule has 20 heavy (non-hydrogen) atoms. The minimum atomic E-state index is 0.257. The van der Waals surface area contributed by atoms with Gasteiger partial charge < -0.3 is 10.1 Å². The van der Waals surface area contributed by atoms with Gasteiger partial charge in [-0.2, -0.15) is 0 Å². The molecule has 1 aliphatic carbocycles. The van der Waals surface area contributed by atoms with E-state index in [1.54, 1.807) is 0 Å². The molecule has 0 amide bonds. The van der Waals surface area contributed by atoms with E-state index in [-0.39, 0.29) is 5.41 Å². The normalized spacial score (nSPS) is 29.3. The smallest absolute Gasteiger partial charge is 0.0667 e. The number of hydrogen-bond acceptors (Lipinski definition) is 2. The van der Waals surface area contributed by atoms with Gasteiger partial charge in [0.1, 0.15) is 0 Å². The largest absolute Gasteiger partial charge is 0.382 e. The summed E-state index contributed by atoms with van der Waals surface area (Å²) in [7, 11) is 0. The van der Waals surface area contributed by atoms with Crippen molar-refractivity contribution in [1.82, 2.24) is 0 Å². The third-order valence-electron chi connectivity index (χ3n) is 5.03. The molecule has 1 saturated carbocycles. The van der Waals surface area contributed by atoms with Crippen molar-refractivity contribution < 1.29 is 4.74 Å². The summed E-state index contributed by atoms with van der Waals surface area (Å²) in [5.74, 6) is 0.594. The lowest BCUT2D eigenvalue weighted by atomic mass is 9.61. The highest BCUT2D eigenvalue weighted by Crippen LogP contribution is 2.47. The highest BCUT2D eigenvalue weighted by Gasteiger charge is 2.51. The molecule has 1 aromatic rings. The Morgan fingerprint density at radius 3 is 2.40 bits per heavy atom. The zero-order valence-corrected chi connectivity index (χ0v) is 13.6. The van der Waals surface area contributed by atoms with Gasteiger partial charge in [-0.15, -0.1) is 0 Å². The highest BCUT2D eigenvalue weighted by molar-refractivity contribution is 5.47. The molecule has 0 heterocycles. The Balaban J connectivity index is 2.00. The molecular weight excluding hydrogens is 246 g/mol. The van der Waals surface area contributed by atoms with E-state index in [1.165, 1.54) is 11.3 Å². The van der Waals surface area contributed by atoms with E-state index in [9.17, 15) is 0 Å². The number of benzene rings is 1. The second-order valence-electron chi connectivity index (χ2n) is 6.51. The Labute approximate surface area is 123 Å². The molecule has 1 N–H and O–H groups in total. The molecule has 3 unspecified atom stereocenters. The van der Waals surface area contributed by atoms with E-state index in [0.29, 0.717) is 18.1 Å². The lowest BCUT2D eigenvalue weighted by Gasteiger charge is -2.54. The summed E-state index contributed by atoms with van der Waals surface area (Å²) in [5.41, 5.74) is 2.89. The standard InChI is InChI=1S/C18H29NO/c1-6-18(5)16(12-17(18)20-7-2)19-15-10-8-14(9-11-15)13(3)4/h8-11,13,16-17,19H,6-7,12H2,1-5H3. The first kappa shape index (κ1) is 15.4. The monoisotopic (exact) mass is 275 g/mol. The van der Waals surface area contributed by atoms with Crippen molar-refractivity contribution >= 4 is 5.69 Å². The van der Waals surface area contributed by atoms with Gasteiger partial charge in [0.2, 0.25) is 0 Å². The van der Waals surface area contributed by atoms with Gasteiger partial charge in [0, 0.05) is 23.8 Å². The first-order chi connectivity index (χ1) is 9.51. The highest BCUT2D eigenvalue weighted by atomic mass is 16.5. The predicted molar refractivity (Wildman–Crippen MR) is 86.4 cm³/mol. The van der Waals surface area contributed by atoms with Crippen LogP contribution in [0.5, 0.6) is 0 Å². The lowest BCUT2D eigenvalue weighted by Crippen LogP contribution is -2.59. The number of ether oxygens (including phenoxy) is 1. The molecule has 2 rings (SSSR count). The quantitative estimate of drug-likeness (QED) is 0.804. The molecule has 0 radical (unpaired) electrons. The Hall–Kier alpha value is -1.02. The van der Waals surface area contributed by atoms with Crippen molar-refractivity contribution in [1.29, 1.82) is 0 Å². The molecular formula is C18H29NO. The molecule has 0 aliphatic heterocycles. The van der Waals surface area contributed by atoms with E-state index in [0.717, 1.165) is 19.4 Å². The predicted octanol–water partition coefficient (Wildman–Crippen LogP) is 4.82. The van der Waals surface area contributed by atoms with Gasteiger partial charge in [-0.05, 0) is 43.4 Å². The molecule has 3 atom stereocenters. The van der Waals surface area contributed by atoms with Gasteiger partial charge in [-0.25, -0.2) is 0 Å². The van der Waals surface area contributed by atoms with Crippen LogP contribution in [-0.4, -0.2) is 18.8 Å². The summed E-state index contributed by atoms with van der Waals surface area (Å²) >= 11 is 0.